The number of phenols is 2. The molecule has 0 radical (unpaired) electrons. The Hall–Kier alpha value is -2.50. The van der Waals surface area contributed by atoms with Crippen molar-refractivity contribution in [3.8, 4) is 11.5 Å². The minimum absolute atomic E-state index is 0.0561. The molecular formula is C12H13N3O3. The normalized spacial score (nSPS) is 10.2. The van der Waals surface area contributed by atoms with Crippen LogP contribution in [0.4, 0.5) is 0 Å². The second kappa shape index (κ2) is 5.22. The van der Waals surface area contributed by atoms with E-state index in [4.69, 9.17) is 0 Å². The van der Waals surface area contributed by atoms with Crippen molar-refractivity contribution in [2.75, 3.05) is 6.54 Å². The molecule has 2 aromatic rings. The number of hydrogen-bond donors (Lipinski definition) is 3. The smallest absolute Gasteiger partial charge is 0.255 e. The summed E-state index contributed by atoms with van der Waals surface area (Å²) in [4.78, 5) is 15.6. The van der Waals surface area contributed by atoms with E-state index in [9.17, 15) is 15.0 Å². The molecule has 2 rings (SSSR count). The number of amides is 1. The van der Waals surface area contributed by atoms with Crippen LogP contribution in [0.5, 0.6) is 11.5 Å². The van der Waals surface area contributed by atoms with Crippen molar-refractivity contribution in [2.45, 2.75) is 6.54 Å². The van der Waals surface area contributed by atoms with E-state index in [0.717, 1.165) is 0 Å². The monoisotopic (exact) mass is 247 g/mol. The summed E-state index contributed by atoms with van der Waals surface area (Å²) in [5.74, 6) is -1.14. The van der Waals surface area contributed by atoms with E-state index >= 15 is 0 Å². The van der Waals surface area contributed by atoms with Crippen LogP contribution in [0.15, 0.2) is 36.9 Å². The summed E-state index contributed by atoms with van der Waals surface area (Å²) in [6.07, 6.45) is 5.10. The first kappa shape index (κ1) is 12.0. The van der Waals surface area contributed by atoms with Crippen molar-refractivity contribution in [1.82, 2.24) is 14.9 Å². The van der Waals surface area contributed by atoms with E-state index in [-0.39, 0.29) is 11.3 Å². The number of para-hydroxylation sites is 1. The van der Waals surface area contributed by atoms with Crippen LogP contribution in [-0.4, -0.2) is 32.2 Å². The van der Waals surface area contributed by atoms with E-state index in [1.165, 1.54) is 18.2 Å². The maximum Gasteiger partial charge on any atom is 0.255 e. The van der Waals surface area contributed by atoms with Gasteiger partial charge in [-0.3, -0.25) is 4.79 Å². The third-order valence-electron chi connectivity index (χ3n) is 2.47. The fourth-order valence-electron chi connectivity index (χ4n) is 1.53. The summed E-state index contributed by atoms with van der Waals surface area (Å²) in [6, 6.07) is 4.26. The molecule has 18 heavy (non-hydrogen) atoms. The molecule has 0 aliphatic rings. The van der Waals surface area contributed by atoms with Crippen molar-refractivity contribution < 1.29 is 15.0 Å². The molecule has 0 unspecified atom stereocenters. The summed E-state index contributed by atoms with van der Waals surface area (Å²) < 4.78 is 1.82. The number of aromatic nitrogens is 2. The number of nitrogens with zero attached hydrogens (tertiary/aromatic N) is 2. The lowest BCUT2D eigenvalue weighted by Gasteiger charge is -2.07. The highest BCUT2D eigenvalue weighted by Gasteiger charge is 2.12. The third-order valence-corrected chi connectivity index (χ3v) is 2.47. The average Bonchev–Trinajstić information content (AvgIpc) is 2.85. The predicted molar refractivity (Wildman–Crippen MR) is 64.3 cm³/mol. The van der Waals surface area contributed by atoms with Crippen molar-refractivity contribution in [1.29, 1.82) is 0 Å². The van der Waals surface area contributed by atoms with Crippen LogP contribution < -0.4 is 5.32 Å². The van der Waals surface area contributed by atoms with Crippen molar-refractivity contribution in [2.24, 2.45) is 0 Å². The molecule has 0 bridgehead atoms. The molecular weight excluding hydrogens is 234 g/mol. The molecule has 6 heteroatoms. The van der Waals surface area contributed by atoms with Gasteiger partial charge in [0.2, 0.25) is 0 Å². The molecule has 6 nitrogen and oxygen atoms in total. The van der Waals surface area contributed by atoms with Crippen LogP contribution in [0.2, 0.25) is 0 Å². The Morgan fingerprint density at radius 1 is 1.39 bits per heavy atom. The average molecular weight is 247 g/mol. The Balaban J connectivity index is 1.93. The van der Waals surface area contributed by atoms with E-state index < -0.39 is 11.7 Å². The standard InChI is InChI=1S/C12H13N3O3/c16-10-3-1-2-9(11(10)17)12(18)14-5-7-15-6-4-13-8-15/h1-4,6,8,16-17H,5,7H2,(H,14,18). The SMILES string of the molecule is O=C(NCCn1ccnc1)c1cccc(O)c1O. The largest absolute Gasteiger partial charge is 0.504 e. The van der Waals surface area contributed by atoms with Gasteiger partial charge in [-0.1, -0.05) is 6.07 Å². The zero-order valence-electron chi connectivity index (χ0n) is 9.58. The lowest BCUT2D eigenvalue weighted by molar-refractivity contribution is 0.0949. The second-order valence-electron chi connectivity index (χ2n) is 3.73. The zero-order chi connectivity index (χ0) is 13.0. The van der Waals surface area contributed by atoms with Gasteiger partial charge in [0.1, 0.15) is 0 Å². The van der Waals surface area contributed by atoms with Gasteiger partial charge in [-0.25, -0.2) is 4.98 Å². The molecule has 0 saturated carbocycles. The number of hydrogen-bond acceptors (Lipinski definition) is 4. The van der Waals surface area contributed by atoms with Gasteiger partial charge in [0.15, 0.2) is 11.5 Å². The van der Waals surface area contributed by atoms with Crippen LogP contribution in [0.25, 0.3) is 0 Å². The Bertz CT molecular complexity index is 538. The van der Waals surface area contributed by atoms with E-state index in [0.29, 0.717) is 13.1 Å². The fraction of sp³-hybridized carbons (Fsp3) is 0.167. The number of carbonyl (C=O) groups is 1. The molecule has 0 spiro atoms. The minimum Gasteiger partial charge on any atom is -0.504 e. The van der Waals surface area contributed by atoms with Crippen LogP contribution >= 0.6 is 0 Å². The highest BCUT2D eigenvalue weighted by atomic mass is 16.3. The molecule has 1 heterocycles. The fourth-order valence-corrected chi connectivity index (χ4v) is 1.53. The van der Waals surface area contributed by atoms with Gasteiger partial charge < -0.3 is 20.1 Å². The number of benzene rings is 1. The van der Waals surface area contributed by atoms with Gasteiger partial charge in [0.25, 0.3) is 5.91 Å². The molecule has 0 aliphatic carbocycles. The highest BCUT2D eigenvalue weighted by Crippen LogP contribution is 2.27. The van der Waals surface area contributed by atoms with Crippen molar-refractivity contribution in [3.05, 3.63) is 42.5 Å². The molecule has 1 amide bonds. The topological polar surface area (TPSA) is 87.4 Å². The first-order chi connectivity index (χ1) is 8.68. The molecule has 3 N–H and O–H groups in total. The molecule has 94 valence electrons. The molecule has 0 atom stereocenters. The lowest BCUT2D eigenvalue weighted by atomic mass is 10.1. The van der Waals surface area contributed by atoms with E-state index in [2.05, 4.69) is 10.3 Å². The number of carbonyl (C=O) groups excluding carboxylic acids is 1. The summed E-state index contributed by atoms with van der Waals surface area (Å²) in [5.41, 5.74) is 0.0561. The summed E-state index contributed by atoms with van der Waals surface area (Å²) in [7, 11) is 0. The summed E-state index contributed by atoms with van der Waals surface area (Å²) in [6.45, 7) is 0.996. The van der Waals surface area contributed by atoms with Gasteiger partial charge in [-0.2, -0.15) is 0 Å². The van der Waals surface area contributed by atoms with Crippen LogP contribution in [-0.2, 0) is 6.54 Å². The van der Waals surface area contributed by atoms with Crippen LogP contribution in [0, 0.1) is 0 Å². The summed E-state index contributed by atoms with van der Waals surface area (Å²) >= 11 is 0. The molecule has 0 saturated heterocycles. The van der Waals surface area contributed by atoms with E-state index in [1.54, 1.807) is 18.7 Å². The van der Waals surface area contributed by atoms with Crippen molar-refractivity contribution in [3.63, 3.8) is 0 Å². The number of aromatic hydroxyl groups is 2. The Morgan fingerprint density at radius 3 is 2.94 bits per heavy atom. The second-order valence-corrected chi connectivity index (χ2v) is 3.73. The number of phenolic OH excluding ortho intramolecular Hbond substituents is 2. The highest BCUT2D eigenvalue weighted by molar-refractivity contribution is 5.97. The van der Waals surface area contributed by atoms with Crippen LogP contribution in [0.3, 0.4) is 0 Å². The molecule has 0 aliphatic heterocycles. The van der Waals surface area contributed by atoms with Gasteiger partial charge in [-0.15, -0.1) is 0 Å². The lowest BCUT2D eigenvalue weighted by Crippen LogP contribution is -2.27. The zero-order valence-corrected chi connectivity index (χ0v) is 9.58. The van der Waals surface area contributed by atoms with E-state index in [1.807, 2.05) is 4.57 Å². The maximum absolute atomic E-state index is 11.7. The van der Waals surface area contributed by atoms with Crippen LogP contribution in [0.1, 0.15) is 10.4 Å². The van der Waals surface area contributed by atoms with Gasteiger partial charge in [0.05, 0.1) is 11.9 Å². The van der Waals surface area contributed by atoms with Gasteiger partial charge >= 0.3 is 0 Å². The molecule has 1 aromatic heterocycles. The number of rotatable bonds is 4. The molecule has 1 aromatic carbocycles. The Morgan fingerprint density at radius 2 is 2.22 bits per heavy atom. The maximum atomic E-state index is 11.7. The first-order valence-corrected chi connectivity index (χ1v) is 5.43. The first-order valence-electron chi connectivity index (χ1n) is 5.43. The Kier molecular flexibility index (Phi) is 3.47. The predicted octanol–water partition coefficient (Wildman–Crippen LogP) is 0.724. The summed E-state index contributed by atoms with van der Waals surface area (Å²) in [5, 5.41) is 21.5. The molecule has 0 fully saturated rings. The minimum atomic E-state index is -0.427. The quantitative estimate of drug-likeness (QED) is 0.695. The Labute approximate surface area is 104 Å². The van der Waals surface area contributed by atoms with Gasteiger partial charge in [-0.05, 0) is 12.1 Å². The number of imidazole rings is 1. The number of nitrogens with one attached hydrogen (secondary N) is 1. The van der Waals surface area contributed by atoms with Gasteiger partial charge in [0, 0.05) is 25.5 Å². The van der Waals surface area contributed by atoms with Crippen molar-refractivity contribution >= 4 is 5.91 Å². The third kappa shape index (κ3) is 2.60.